The Balaban J connectivity index is 1.52. The molecule has 31 heavy (non-hydrogen) atoms. The van der Waals surface area contributed by atoms with Gasteiger partial charge in [-0.05, 0) is 37.3 Å². The quantitative estimate of drug-likeness (QED) is 0.458. The molecule has 0 spiro atoms. The molecule has 0 radical (unpaired) electrons. The molecule has 0 unspecified atom stereocenters. The normalized spacial score (nSPS) is 12.1. The summed E-state index contributed by atoms with van der Waals surface area (Å²) in [5.41, 5.74) is 2.31. The van der Waals surface area contributed by atoms with Crippen molar-refractivity contribution in [3.05, 3.63) is 48.3 Å². The van der Waals surface area contributed by atoms with Crippen LogP contribution in [0.1, 0.15) is 19.2 Å². The highest BCUT2D eigenvalue weighted by atomic mass is 32.2. The van der Waals surface area contributed by atoms with E-state index in [0.717, 1.165) is 21.6 Å². The number of imidazole rings is 1. The first kappa shape index (κ1) is 21.4. The second-order valence-corrected chi connectivity index (χ2v) is 10.4. The Kier molecular flexibility index (Phi) is 5.78. The van der Waals surface area contributed by atoms with E-state index in [9.17, 15) is 13.2 Å². The Hall–Kier alpha value is -2.82. The zero-order valence-corrected chi connectivity index (χ0v) is 19.1. The fraction of sp³-hybridized carbons (Fsp3) is 0.286. The van der Waals surface area contributed by atoms with E-state index < -0.39 is 10.0 Å². The number of aryl methyl sites for hydroxylation is 2. The fourth-order valence-corrected chi connectivity index (χ4v) is 5.21. The van der Waals surface area contributed by atoms with Crippen LogP contribution in [0.5, 0.6) is 0 Å². The number of hydrogen-bond acceptors (Lipinski definition) is 6. The summed E-state index contributed by atoms with van der Waals surface area (Å²) in [5, 5.41) is 3.44. The minimum atomic E-state index is -3.54. The molecule has 0 saturated carbocycles. The van der Waals surface area contributed by atoms with E-state index in [1.54, 1.807) is 18.2 Å². The molecule has 2 aromatic carbocycles. The van der Waals surface area contributed by atoms with Crippen molar-refractivity contribution in [3.8, 4) is 0 Å². The molecule has 4 rings (SSSR count). The van der Waals surface area contributed by atoms with Crippen molar-refractivity contribution in [2.24, 2.45) is 0 Å². The van der Waals surface area contributed by atoms with Crippen molar-refractivity contribution in [3.63, 3.8) is 0 Å². The molecule has 8 nitrogen and oxygen atoms in total. The third-order valence-electron chi connectivity index (χ3n) is 5.01. The molecule has 162 valence electrons. The molecule has 4 aromatic rings. The Bertz CT molecular complexity index is 1340. The number of anilines is 1. The number of benzene rings is 2. The third kappa shape index (κ3) is 4.18. The van der Waals surface area contributed by atoms with Gasteiger partial charge < -0.3 is 9.88 Å². The van der Waals surface area contributed by atoms with Gasteiger partial charge >= 0.3 is 0 Å². The van der Waals surface area contributed by atoms with Crippen molar-refractivity contribution >= 4 is 53.6 Å². The van der Waals surface area contributed by atoms with Crippen LogP contribution in [0.25, 0.3) is 21.3 Å². The summed E-state index contributed by atoms with van der Waals surface area (Å²) in [7, 11) is -0.537. The van der Waals surface area contributed by atoms with Crippen LogP contribution >= 0.6 is 11.3 Å². The predicted molar refractivity (Wildman–Crippen MR) is 123 cm³/mol. The monoisotopic (exact) mass is 457 g/mol. The van der Waals surface area contributed by atoms with Gasteiger partial charge in [0.05, 0.1) is 26.1 Å². The number of fused-ring (bicyclic) bond motifs is 2. The number of aromatic nitrogens is 3. The summed E-state index contributed by atoms with van der Waals surface area (Å²) < 4.78 is 29.1. The van der Waals surface area contributed by atoms with E-state index >= 15 is 0 Å². The molecule has 0 fully saturated rings. The van der Waals surface area contributed by atoms with E-state index in [1.165, 1.54) is 29.7 Å². The van der Waals surface area contributed by atoms with Gasteiger partial charge in [-0.3, -0.25) is 4.79 Å². The van der Waals surface area contributed by atoms with E-state index in [2.05, 4.69) is 15.3 Å². The third-order valence-corrected chi connectivity index (χ3v) is 7.77. The lowest BCUT2D eigenvalue weighted by molar-refractivity contribution is -0.116. The minimum Gasteiger partial charge on any atom is -0.328 e. The van der Waals surface area contributed by atoms with Crippen LogP contribution in [0.15, 0.2) is 47.4 Å². The molecule has 2 heterocycles. The van der Waals surface area contributed by atoms with E-state index in [-0.39, 0.29) is 17.2 Å². The molecule has 0 aliphatic rings. The Labute approximate surface area is 184 Å². The van der Waals surface area contributed by atoms with Crippen LogP contribution < -0.4 is 5.32 Å². The van der Waals surface area contributed by atoms with E-state index in [4.69, 9.17) is 0 Å². The smallest absolute Gasteiger partial charge is 0.242 e. The number of nitrogens with one attached hydrogen (secondary N) is 1. The van der Waals surface area contributed by atoms with E-state index in [1.807, 2.05) is 35.8 Å². The van der Waals surface area contributed by atoms with Gasteiger partial charge in [0, 0.05) is 33.5 Å². The minimum absolute atomic E-state index is 0.135. The molecule has 0 aliphatic carbocycles. The van der Waals surface area contributed by atoms with Gasteiger partial charge in [0.2, 0.25) is 15.9 Å². The van der Waals surface area contributed by atoms with Crippen molar-refractivity contribution in [2.45, 2.75) is 31.2 Å². The largest absolute Gasteiger partial charge is 0.328 e. The Morgan fingerprint density at radius 3 is 2.61 bits per heavy atom. The van der Waals surface area contributed by atoms with Gasteiger partial charge in [-0.2, -0.15) is 0 Å². The van der Waals surface area contributed by atoms with Crippen molar-refractivity contribution in [1.82, 2.24) is 18.8 Å². The van der Waals surface area contributed by atoms with Crippen LogP contribution in [0.2, 0.25) is 0 Å². The highest BCUT2D eigenvalue weighted by molar-refractivity contribution is 7.89. The molecule has 0 saturated heterocycles. The Morgan fingerprint density at radius 2 is 1.90 bits per heavy atom. The maximum absolute atomic E-state index is 12.5. The standard InChI is InChI=1S/C21H23N5O3S2/c1-4-26-17-10-9-14(31(28,29)25(2)3)13-16(17)22-19(26)11-12-20(27)24-21-23-15-7-5-6-8-18(15)30-21/h5-10,13H,4,11-12H2,1-3H3,(H,23,24,27). The number of carbonyl (C=O) groups excluding carboxylic acids is 1. The van der Waals surface area contributed by atoms with Gasteiger partial charge in [0.15, 0.2) is 5.13 Å². The number of amides is 1. The van der Waals surface area contributed by atoms with E-state index in [0.29, 0.717) is 23.6 Å². The first-order valence-corrected chi connectivity index (χ1v) is 12.1. The molecular formula is C21H23N5O3S2. The first-order chi connectivity index (χ1) is 14.8. The average Bonchev–Trinajstić information content (AvgIpc) is 3.31. The number of nitrogens with zero attached hydrogens (tertiary/aromatic N) is 4. The highest BCUT2D eigenvalue weighted by Gasteiger charge is 2.20. The molecule has 1 amide bonds. The average molecular weight is 458 g/mol. The van der Waals surface area contributed by atoms with Crippen LogP contribution in [-0.4, -0.2) is 47.3 Å². The van der Waals surface area contributed by atoms with Gasteiger partial charge in [-0.15, -0.1) is 0 Å². The maximum atomic E-state index is 12.5. The van der Waals surface area contributed by atoms with Gasteiger partial charge in [-0.1, -0.05) is 23.5 Å². The summed E-state index contributed by atoms with van der Waals surface area (Å²) >= 11 is 1.44. The maximum Gasteiger partial charge on any atom is 0.242 e. The second kappa shape index (κ2) is 8.37. The number of carbonyl (C=O) groups is 1. The zero-order valence-electron chi connectivity index (χ0n) is 17.5. The topological polar surface area (TPSA) is 97.2 Å². The number of rotatable bonds is 7. The van der Waals surface area contributed by atoms with Gasteiger partial charge in [0.1, 0.15) is 5.82 Å². The van der Waals surface area contributed by atoms with Crippen LogP contribution in [0, 0.1) is 0 Å². The summed E-state index contributed by atoms with van der Waals surface area (Å²) in [4.78, 5) is 21.7. The SMILES string of the molecule is CCn1c(CCC(=O)Nc2nc3ccccc3s2)nc2cc(S(=O)(=O)N(C)C)ccc21. The predicted octanol–water partition coefficient (Wildman–Crippen LogP) is 3.49. The molecule has 2 aromatic heterocycles. The summed E-state index contributed by atoms with van der Waals surface area (Å²) in [6, 6.07) is 12.7. The van der Waals surface area contributed by atoms with Crippen molar-refractivity contribution in [2.75, 3.05) is 19.4 Å². The lowest BCUT2D eigenvalue weighted by Gasteiger charge is -2.11. The lowest BCUT2D eigenvalue weighted by atomic mass is 10.3. The summed E-state index contributed by atoms with van der Waals surface area (Å²) in [5.74, 6) is 0.612. The number of thiazole rings is 1. The summed E-state index contributed by atoms with van der Waals surface area (Å²) in [6.45, 7) is 2.67. The molecule has 10 heteroatoms. The molecule has 0 aliphatic heterocycles. The zero-order chi connectivity index (χ0) is 22.2. The molecule has 0 atom stereocenters. The molecule has 0 bridgehead atoms. The van der Waals surface area contributed by atoms with Gasteiger partial charge in [0.25, 0.3) is 0 Å². The lowest BCUT2D eigenvalue weighted by Crippen LogP contribution is -2.22. The second-order valence-electron chi connectivity index (χ2n) is 7.25. The number of sulfonamides is 1. The number of hydrogen-bond donors (Lipinski definition) is 1. The van der Waals surface area contributed by atoms with Gasteiger partial charge in [-0.25, -0.2) is 22.7 Å². The highest BCUT2D eigenvalue weighted by Crippen LogP contribution is 2.26. The van der Waals surface area contributed by atoms with Crippen LogP contribution in [-0.2, 0) is 27.8 Å². The fourth-order valence-electron chi connectivity index (χ4n) is 3.41. The van der Waals surface area contributed by atoms with Crippen LogP contribution in [0.4, 0.5) is 5.13 Å². The first-order valence-electron chi connectivity index (χ1n) is 9.86. The van der Waals surface area contributed by atoms with Crippen molar-refractivity contribution in [1.29, 1.82) is 0 Å². The van der Waals surface area contributed by atoms with Crippen LogP contribution in [0.3, 0.4) is 0 Å². The molecular weight excluding hydrogens is 434 g/mol. The number of para-hydroxylation sites is 1. The Morgan fingerprint density at radius 1 is 1.13 bits per heavy atom. The summed E-state index contributed by atoms with van der Waals surface area (Å²) in [6.07, 6.45) is 0.692. The molecule has 1 N–H and O–H groups in total. The van der Waals surface area contributed by atoms with Crippen molar-refractivity contribution < 1.29 is 13.2 Å².